The molecule has 0 fully saturated rings. The third kappa shape index (κ3) is 2.64. The summed E-state index contributed by atoms with van der Waals surface area (Å²) in [6.07, 6.45) is 0. The van der Waals surface area contributed by atoms with Crippen LogP contribution in [0.25, 0.3) is 0 Å². The molecule has 1 aromatic carbocycles. The van der Waals surface area contributed by atoms with Crippen LogP contribution in [0.3, 0.4) is 0 Å². The van der Waals surface area contributed by atoms with Gasteiger partial charge in [-0.1, -0.05) is 18.2 Å². The fourth-order valence-electron chi connectivity index (χ4n) is 0.711. The SMILES string of the molecule is Cc1ccccc1O[I+2]([O-])[O-]. The number of hydrogen-bond donors (Lipinski definition) is 0. The number of para-hydroxylation sites is 1. The topological polar surface area (TPSA) is 55.3 Å². The van der Waals surface area contributed by atoms with E-state index in [9.17, 15) is 6.87 Å². The third-order valence-electron chi connectivity index (χ3n) is 1.24. The van der Waals surface area contributed by atoms with Crippen LogP contribution in [0.15, 0.2) is 24.3 Å². The number of hydrogen-bond acceptors (Lipinski definition) is 3. The van der Waals surface area contributed by atoms with Gasteiger partial charge < -0.3 is 6.87 Å². The highest BCUT2D eigenvalue weighted by Gasteiger charge is 2.15. The fourth-order valence-corrected chi connectivity index (χ4v) is 1.59. The van der Waals surface area contributed by atoms with E-state index in [1.54, 1.807) is 25.1 Å². The van der Waals surface area contributed by atoms with Crippen molar-refractivity contribution in [3.8, 4) is 5.75 Å². The van der Waals surface area contributed by atoms with Gasteiger partial charge in [0.15, 0.2) is 0 Å². The number of halogens is 1. The van der Waals surface area contributed by atoms with Crippen molar-refractivity contribution in [3.05, 3.63) is 29.8 Å². The molecule has 60 valence electrons. The fraction of sp³-hybridized carbons (Fsp3) is 0.143. The Morgan fingerprint density at radius 2 is 1.91 bits per heavy atom. The molecule has 4 heteroatoms. The molecular formula is C7H7IO3. The van der Waals surface area contributed by atoms with Gasteiger partial charge >= 0.3 is 21.1 Å². The average molecular weight is 266 g/mol. The summed E-state index contributed by atoms with van der Waals surface area (Å²) in [5, 5.41) is 0. The molecule has 0 aliphatic carbocycles. The Balaban J connectivity index is 2.78. The van der Waals surface area contributed by atoms with Gasteiger partial charge in [0, 0.05) is 5.56 Å². The van der Waals surface area contributed by atoms with Gasteiger partial charge in [-0.3, -0.25) is 0 Å². The van der Waals surface area contributed by atoms with E-state index in [2.05, 4.69) is 3.07 Å². The molecule has 0 amide bonds. The van der Waals surface area contributed by atoms with Crippen molar-refractivity contribution < 1.29 is 31.0 Å². The maximum Gasteiger partial charge on any atom is 0.570 e. The number of aryl methyl sites for hydroxylation is 1. The first-order valence-corrected chi connectivity index (χ1v) is 5.64. The predicted molar refractivity (Wildman–Crippen MR) is 31.8 cm³/mol. The summed E-state index contributed by atoms with van der Waals surface area (Å²) >= 11 is -3.58. The van der Waals surface area contributed by atoms with Gasteiger partial charge in [-0.15, -0.1) is 3.07 Å². The van der Waals surface area contributed by atoms with Crippen LogP contribution in [-0.2, 0) is 0 Å². The highest BCUT2D eigenvalue weighted by Crippen LogP contribution is 2.12. The molecule has 0 heterocycles. The molecule has 0 bridgehead atoms. The van der Waals surface area contributed by atoms with Crippen LogP contribution in [0.2, 0.25) is 0 Å². The second-order valence-electron chi connectivity index (χ2n) is 2.03. The molecule has 0 saturated carbocycles. The summed E-state index contributed by atoms with van der Waals surface area (Å²) in [6, 6.07) is 7.00. The van der Waals surface area contributed by atoms with E-state index >= 15 is 0 Å². The average Bonchev–Trinajstić information content (AvgIpc) is 1.93. The Morgan fingerprint density at radius 1 is 1.27 bits per heavy atom. The molecule has 0 atom stereocenters. The van der Waals surface area contributed by atoms with Crippen LogP contribution < -0.4 is 31.0 Å². The minimum Gasteiger partial charge on any atom is -0.385 e. The Kier molecular flexibility index (Phi) is 3.10. The molecule has 0 saturated heterocycles. The molecule has 1 rings (SSSR count). The maximum atomic E-state index is 10.2. The predicted octanol–water partition coefficient (Wildman–Crippen LogP) is -3.54. The summed E-state index contributed by atoms with van der Waals surface area (Å²) in [6.45, 7) is 1.80. The van der Waals surface area contributed by atoms with Crippen LogP contribution in [-0.4, -0.2) is 0 Å². The van der Waals surface area contributed by atoms with Crippen molar-refractivity contribution >= 4 is 0 Å². The number of rotatable bonds is 2. The summed E-state index contributed by atoms with van der Waals surface area (Å²) in [4.78, 5) is 0. The lowest BCUT2D eigenvalue weighted by Crippen LogP contribution is -4.00. The van der Waals surface area contributed by atoms with E-state index in [0.717, 1.165) is 5.56 Å². The smallest absolute Gasteiger partial charge is 0.385 e. The zero-order valence-electron chi connectivity index (χ0n) is 5.91. The first-order valence-electron chi connectivity index (χ1n) is 2.99. The molecule has 0 aliphatic heterocycles. The second-order valence-corrected chi connectivity index (χ2v) is 3.55. The minimum atomic E-state index is -3.58. The summed E-state index contributed by atoms with van der Waals surface area (Å²) in [7, 11) is 0. The lowest BCUT2D eigenvalue weighted by molar-refractivity contribution is -1.62. The van der Waals surface area contributed by atoms with Crippen molar-refractivity contribution in [3.63, 3.8) is 0 Å². The Bertz CT molecular complexity index is 237. The Labute approximate surface area is 73.7 Å². The van der Waals surface area contributed by atoms with Crippen LogP contribution in [0.4, 0.5) is 0 Å². The van der Waals surface area contributed by atoms with Gasteiger partial charge in [0.1, 0.15) is 0 Å². The molecule has 0 aromatic heterocycles. The van der Waals surface area contributed by atoms with Crippen LogP contribution in [0.1, 0.15) is 5.56 Å². The van der Waals surface area contributed by atoms with Gasteiger partial charge in [0.2, 0.25) is 5.75 Å². The number of benzene rings is 1. The van der Waals surface area contributed by atoms with E-state index in [1.807, 2.05) is 6.07 Å². The van der Waals surface area contributed by atoms with Gasteiger partial charge in [0.05, 0.1) is 0 Å². The van der Waals surface area contributed by atoms with E-state index in [1.165, 1.54) is 0 Å². The lowest BCUT2D eigenvalue weighted by Gasteiger charge is -1.96. The molecule has 0 spiro atoms. The lowest BCUT2D eigenvalue weighted by atomic mass is 10.2. The summed E-state index contributed by atoms with van der Waals surface area (Å²) in [5.74, 6) is 0.433. The Morgan fingerprint density at radius 3 is 2.45 bits per heavy atom. The maximum absolute atomic E-state index is 10.2. The standard InChI is InChI=1S/C7H7IO3/c1-6-4-2-3-5-7(6)11-8(9)10/h2-5H,1H3. The normalized spacial score (nSPS) is 10.2. The third-order valence-corrected chi connectivity index (χ3v) is 2.07. The van der Waals surface area contributed by atoms with Crippen molar-refractivity contribution in [2.75, 3.05) is 0 Å². The van der Waals surface area contributed by atoms with Gasteiger partial charge in [-0.2, -0.15) is 0 Å². The highest BCUT2D eigenvalue weighted by molar-refractivity contribution is 5.30. The zero-order chi connectivity index (χ0) is 8.27. The van der Waals surface area contributed by atoms with E-state index in [4.69, 9.17) is 0 Å². The first kappa shape index (κ1) is 8.76. The van der Waals surface area contributed by atoms with Crippen LogP contribution >= 0.6 is 0 Å². The molecule has 11 heavy (non-hydrogen) atoms. The van der Waals surface area contributed by atoms with Crippen molar-refractivity contribution in [1.82, 2.24) is 0 Å². The van der Waals surface area contributed by atoms with Gasteiger partial charge in [-0.05, 0) is 13.0 Å². The molecule has 3 nitrogen and oxygen atoms in total. The van der Waals surface area contributed by atoms with Crippen molar-refractivity contribution in [2.45, 2.75) is 6.92 Å². The molecule has 0 aliphatic rings. The molecule has 1 aromatic rings. The molecule has 0 N–H and O–H groups in total. The summed E-state index contributed by atoms with van der Waals surface area (Å²) in [5.41, 5.74) is 0.835. The van der Waals surface area contributed by atoms with Crippen LogP contribution in [0, 0.1) is 6.92 Å². The van der Waals surface area contributed by atoms with E-state index in [0.29, 0.717) is 5.75 Å². The molecular weight excluding hydrogens is 259 g/mol. The first-order chi connectivity index (χ1) is 5.20. The second kappa shape index (κ2) is 3.89. The Hall–Kier alpha value is -0.330. The van der Waals surface area contributed by atoms with Crippen molar-refractivity contribution in [2.24, 2.45) is 0 Å². The van der Waals surface area contributed by atoms with E-state index < -0.39 is 21.1 Å². The molecule has 0 unspecified atom stereocenters. The quantitative estimate of drug-likeness (QED) is 0.521. The molecule has 0 radical (unpaired) electrons. The van der Waals surface area contributed by atoms with Gasteiger partial charge in [-0.25, -0.2) is 0 Å². The summed E-state index contributed by atoms with van der Waals surface area (Å²) < 4.78 is 25.0. The highest BCUT2D eigenvalue weighted by atomic mass is 127. The zero-order valence-corrected chi connectivity index (χ0v) is 8.07. The van der Waals surface area contributed by atoms with E-state index in [-0.39, 0.29) is 0 Å². The van der Waals surface area contributed by atoms with Crippen LogP contribution in [0.5, 0.6) is 5.75 Å². The minimum absolute atomic E-state index is 0.433. The van der Waals surface area contributed by atoms with Crippen molar-refractivity contribution in [1.29, 1.82) is 0 Å². The monoisotopic (exact) mass is 266 g/mol. The van der Waals surface area contributed by atoms with Gasteiger partial charge in [0.25, 0.3) is 0 Å². The largest absolute Gasteiger partial charge is 0.570 e.